The SMILES string of the molecule is C/C=C\C[C@@](O)(c1ccccc1C(F)(F)F)C(F)(F)F. The average molecular weight is 298 g/mol. The van der Waals surface area contributed by atoms with E-state index in [0.29, 0.717) is 12.1 Å². The van der Waals surface area contributed by atoms with Crippen LogP contribution in [0.3, 0.4) is 0 Å². The van der Waals surface area contributed by atoms with Gasteiger partial charge in [0.2, 0.25) is 0 Å². The van der Waals surface area contributed by atoms with E-state index in [1.807, 2.05) is 0 Å². The number of alkyl halides is 6. The van der Waals surface area contributed by atoms with Crippen molar-refractivity contribution in [1.29, 1.82) is 0 Å². The van der Waals surface area contributed by atoms with Crippen LogP contribution in [-0.4, -0.2) is 11.3 Å². The first kappa shape index (κ1) is 16.6. The monoisotopic (exact) mass is 298 g/mol. The normalized spacial score (nSPS) is 16.4. The van der Waals surface area contributed by atoms with Crippen molar-refractivity contribution < 1.29 is 31.4 Å². The van der Waals surface area contributed by atoms with Gasteiger partial charge in [0.25, 0.3) is 0 Å². The standard InChI is InChI=1S/C13H12F6O/c1-2-3-8-11(20,13(17,18)19)9-6-4-5-7-10(9)12(14,15)16/h2-7,20H,8H2,1H3/b3-2-/t11-/m1/s1. The highest BCUT2D eigenvalue weighted by atomic mass is 19.4. The van der Waals surface area contributed by atoms with Gasteiger partial charge in [-0.3, -0.25) is 0 Å². The van der Waals surface area contributed by atoms with Crippen LogP contribution in [0.1, 0.15) is 24.5 Å². The third-order valence-electron chi connectivity index (χ3n) is 2.80. The number of benzene rings is 1. The first-order valence-electron chi connectivity index (χ1n) is 5.61. The van der Waals surface area contributed by atoms with Crippen LogP contribution in [0.5, 0.6) is 0 Å². The Kier molecular flexibility index (Phi) is 4.53. The van der Waals surface area contributed by atoms with Gasteiger partial charge in [0.1, 0.15) is 0 Å². The summed E-state index contributed by atoms with van der Waals surface area (Å²) in [7, 11) is 0. The molecule has 1 N–H and O–H groups in total. The zero-order valence-corrected chi connectivity index (χ0v) is 10.4. The number of halogens is 6. The van der Waals surface area contributed by atoms with Gasteiger partial charge in [0.15, 0.2) is 5.60 Å². The van der Waals surface area contributed by atoms with Crippen LogP contribution in [0.25, 0.3) is 0 Å². The van der Waals surface area contributed by atoms with E-state index in [2.05, 4.69) is 0 Å². The van der Waals surface area contributed by atoms with E-state index in [1.54, 1.807) is 0 Å². The Labute approximate surface area is 111 Å². The molecule has 1 atom stereocenters. The summed E-state index contributed by atoms with van der Waals surface area (Å²) in [4.78, 5) is 0. The number of aliphatic hydroxyl groups is 1. The second-order valence-electron chi connectivity index (χ2n) is 4.17. The molecule has 0 aromatic heterocycles. The molecule has 0 aliphatic heterocycles. The molecule has 0 aliphatic carbocycles. The van der Waals surface area contributed by atoms with Crippen LogP contribution in [-0.2, 0) is 11.8 Å². The number of hydrogen-bond donors (Lipinski definition) is 1. The summed E-state index contributed by atoms with van der Waals surface area (Å²) in [6.07, 6.45) is -8.99. The summed E-state index contributed by atoms with van der Waals surface area (Å²) < 4.78 is 77.5. The highest BCUT2D eigenvalue weighted by molar-refractivity contribution is 5.36. The fourth-order valence-electron chi connectivity index (χ4n) is 1.76. The predicted octanol–water partition coefficient (Wildman–Crippen LogP) is 4.42. The van der Waals surface area contributed by atoms with Gasteiger partial charge in [-0.2, -0.15) is 26.3 Å². The van der Waals surface area contributed by atoms with E-state index in [1.165, 1.54) is 13.0 Å². The Bertz CT molecular complexity index is 488. The van der Waals surface area contributed by atoms with Crippen LogP contribution in [0.2, 0.25) is 0 Å². The molecule has 20 heavy (non-hydrogen) atoms. The molecular formula is C13H12F6O. The van der Waals surface area contributed by atoms with Crippen molar-refractivity contribution in [1.82, 2.24) is 0 Å². The maximum atomic E-state index is 13.0. The van der Waals surface area contributed by atoms with Crippen molar-refractivity contribution in [2.24, 2.45) is 0 Å². The molecule has 1 aromatic carbocycles. The number of allylic oxidation sites excluding steroid dienone is 1. The molecule has 0 amide bonds. The summed E-state index contributed by atoms with van der Waals surface area (Å²) in [6, 6.07) is 3.15. The van der Waals surface area contributed by atoms with E-state index in [0.717, 1.165) is 18.2 Å². The maximum absolute atomic E-state index is 13.0. The largest absolute Gasteiger partial charge is 0.421 e. The third kappa shape index (κ3) is 3.15. The minimum absolute atomic E-state index is 0.516. The van der Waals surface area contributed by atoms with Gasteiger partial charge >= 0.3 is 12.4 Å². The third-order valence-corrected chi connectivity index (χ3v) is 2.80. The van der Waals surface area contributed by atoms with E-state index in [9.17, 15) is 31.4 Å². The molecule has 0 saturated carbocycles. The van der Waals surface area contributed by atoms with Crippen molar-refractivity contribution in [3.63, 3.8) is 0 Å². The molecule has 0 radical (unpaired) electrons. The van der Waals surface area contributed by atoms with Gasteiger partial charge in [-0.1, -0.05) is 30.4 Å². The van der Waals surface area contributed by atoms with Gasteiger partial charge < -0.3 is 5.11 Å². The van der Waals surface area contributed by atoms with Gasteiger partial charge in [0, 0.05) is 12.0 Å². The minimum atomic E-state index is -5.23. The second kappa shape index (κ2) is 5.47. The summed E-state index contributed by atoms with van der Waals surface area (Å²) >= 11 is 0. The van der Waals surface area contributed by atoms with E-state index in [4.69, 9.17) is 0 Å². The van der Waals surface area contributed by atoms with E-state index >= 15 is 0 Å². The first-order chi connectivity index (χ1) is 9.04. The van der Waals surface area contributed by atoms with Crippen LogP contribution in [0, 0.1) is 0 Å². The summed E-state index contributed by atoms with van der Waals surface area (Å²) in [5.41, 5.74) is -6.27. The number of rotatable bonds is 3. The van der Waals surface area contributed by atoms with Gasteiger partial charge in [-0.15, -0.1) is 0 Å². The highest BCUT2D eigenvalue weighted by Gasteiger charge is 2.56. The van der Waals surface area contributed by atoms with Crippen LogP contribution in [0.15, 0.2) is 36.4 Å². The van der Waals surface area contributed by atoms with Crippen molar-refractivity contribution in [3.8, 4) is 0 Å². The van der Waals surface area contributed by atoms with E-state index < -0.39 is 35.5 Å². The zero-order valence-electron chi connectivity index (χ0n) is 10.4. The quantitative estimate of drug-likeness (QED) is 0.647. The smallest absolute Gasteiger partial charge is 0.376 e. The fraction of sp³-hybridized carbons (Fsp3) is 0.385. The first-order valence-corrected chi connectivity index (χ1v) is 5.61. The molecule has 1 nitrogen and oxygen atoms in total. The van der Waals surface area contributed by atoms with Gasteiger partial charge in [0.05, 0.1) is 5.56 Å². The lowest BCUT2D eigenvalue weighted by Crippen LogP contribution is -2.43. The fourth-order valence-corrected chi connectivity index (χ4v) is 1.76. The predicted molar refractivity (Wildman–Crippen MR) is 60.8 cm³/mol. The van der Waals surface area contributed by atoms with Crippen LogP contribution in [0.4, 0.5) is 26.3 Å². The highest BCUT2D eigenvalue weighted by Crippen LogP contribution is 2.46. The number of hydrogen-bond acceptors (Lipinski definition) is 1. The van der Waals surface area contributed by atoms with Gasteiger partial charge in [-0.25, -0.2) is 0 Å². The summed E-state index contributed by atoms with van der Waals surface area (Å²) in [6.45, 7) is 1.41. The molecule has 7 heteroatoms. The molecule has 0 spiro atoms. The molecule has 112 valence electrons. The lowest BCUT2D eigenvalue weighted by molar-refractivity contribution is -0.267. The van der Waals surface area contributed by atoms with Crippen molar-refractivity contribution in [3.05, 3.63) is 47.5 Å². The minimum Gasteiger partial charge on any atom is -0.376 e. The molecule has 0 heterocycles. The Morgan fingerprint density at radius 1 is 1.00 bits per heavy atom. The molecule has 0 aliphatic rings. The Hall–Kier alpha value is -1.50. The second-order valence-corrected chi connectivity index (χ2v) is 4.17. The average Bonchev–Trinajstić information content (AvgIpc) is 2.33. The lowest BCUT2D eigenvalue weighted by atomic mass is 9.86. The molecule has 1 aromatic rings. The summed E-state index contributed by atoms with van der Waals surface area (Å²) in [5.74, 6) is 0. The molecule has 0 bridgehead atoms. The molecule has 0 saturated heterocycles. The Morgan fingerprint density at radius 3 is 1.90 bits per heavy atom. The van der Waals surface area contributed by atoms with Gasteiger partial charge in [-0.05, 0) is 13.0 Å². The molecule has 1 rings (SSSR count). The van der Waals surface area contributed by atoms with Crippen LogP contribution >= 0.6 is 0 Å². The molecular weight excluding hydrogens is 286 g/mol. The topological polar surface area (TPSA) is 20.2 Å². The zero-order chi connectivity index (χ0) is 15.6. The summed E-state index contributed by atoms with van der Waals surface area (Å²) in [5, 5.41) is 9.82. The Morgan fingerprint density at radius 2 is 1.50 bits per heavy atom. The Balaban J connectivity index is 3.51. The maximum Gasteiger partial charge on any atom is 0.421 e. The van der Waals surface area contributed by atoms with Crippen LogP contribution < -0.4 is 0 Å². The van der Waals surface area contributed by atoms with E-state index in [-0.39, 0.29) is 0 Å². The molecule has 0 unspecified atom stereocenters. The lowest BCUT2D eigenvalue weighted by Gasteiger charge is -2.32. The molecule has 0 fully saturated rings. The van der Waals surface area contributed by atoms with Crippen molar-refractivity contribution >= 4 is 0 Å². The van der Waals surface area contributed by atoms with Crippen molar-refractivity contribution in [2.75, 3.05) is 0 Å². The van der Waals surface area contributed by atoms with Crippen molar-refractivity contribution in [2.45, 2.75) is 31.3 Å².